The molecule has 1 aromatic rings. The van der Waals surface area contributed by atoms with Crippen molar-refractivity contribution in [2.24, 2.45) is 10.9 Å². The van der Waals surface area contributed by atoms with Crippen molar-refractivity contribution in [1.29, 1.82) is 0 Å². The van der Waals surface area contributed by atoms with Crippen molar-refractivity contribution in [2.75, 3.05) is 53.6 Å². The first-order chi connectivity index (χ1) is 12.6. The normalized spacial score (nSPS) is 18.2. The van der Waals surface area contributed by atoms with Gasteiger partial charge in [-0.2, -0.15) is 0 Å². The summed E-state index contributed by atoms with van der Waals surface area (Å²) in [5.41, 5.74) is 2.31. The quantitative estimate of drug-likeness (QED) is 0.400. The average Bonchev–Trinajstić information content (AvgIpc) is 3.05. The van der Waals surface area contributed by atoms with E-state index in [2.05, 4.69) is 52.7 Å². The van der Waals surface area contributed by atoms with Crippen LogP contribution in [0.5, 0.6) is 5.75 Å². The summed E-state index contributed by atoms with van der Waals surface area (Å²) in [5.74, 6) is 2.43. The van der Waals surface area contributed by atoms with Crippen LogP contribution in [0.15, 0.2) is 23.2 Å². The highest BCUT2D eigenvalue weighted by atomic mass is 16.5. The summed E-state index contributed by atoms with van der Waals surface area (Å²) in [5, 5.41) is 6.84. The number of aryl methyl sites for hydroxylation is 1. The van der Waals surface area contributed by atoms with Crippen molar-refractivity contribution in [1.82, 2.24) is 15.5 Å². The van der Waals surface area contributed by atoms with Gasteiger partial charge in [0.15, 0.2) is 5.96 Å². The number of nitrogens with zero attached hydrogens (tertiary/aromatic N) is 2. The molecule has 146 valence electrons. The Balaban J connectivity index is 1.84. The van der Waals surface area contributed by atoms with E-state index in [1.165, 1.54) is 18.5 Å². The number of ether oxygens (including phenoxy) is 2. The molecule has 0 spiro atoms. The molecule has 1 atom stereocenters. The van der Waals surface area contributed by atoms with E-state index in [9.17, 15) is 0 Å². The summed E-state index contributed by atoms with van der Waals surface area (Å²) in [6, 6.07) is 6.29. The van der Waals surface area contributed by atoms with Crippen LogP contribution in [0.2, 0.25) is 0 Å². The molecule has 1 saturated heterocycles. The highest BCUT2D eigenvalue weighted by molar-refractivity contribution is 5.79. The zero-order chi connectivity index (χ0) is 18.8. The zero-order valence-electron chi connectivity index (χ0n) is 16.7. The van der Waals surface area contributed by atoms with Gasteiger partial charge >= 0.3 is 0 Å². The predicted molar refractivity (Wildman–Crippen MR) is 107 cm³/mol. The van der Waals surface area contributed by atoms with Crippen molar-refractivity contribution >= 4 is 5.96 Å². The van der Waals surface area contributed by atoms with Crippen molar-refractivity contribution in [2.45, 2.75) is 26.8 Å². The van der Waals surface area contributed by atoms with Gasteiger partial charge in [0.1, 0.15) is 12.4 Å². The Morgan fingerprint density at radius 1 is 1.31 bits per heavy atom. The second kappa shape index (κ2) is 11.0. The monoisotopic (exact) mass is 362 g/mol. The minimum Gasteiger partial charge on any atom is -0.491 e. The average molecular weight is 363 g/mol. The lowest BCUT2D eigenvalue weighted by molar-refractivity contribution is 0.110. The smallest absolute Gasteiger partial charge is 0.191 e. The van der Waals surface area contributed by atoms with Gasteiger partial charge < -0.3 is 25.0 Å². The van der Waals surface area contributed by atoms with Gasteiger partial charge in [0.25, 0.3) is 0 Å². The molecule has 2 rings (SSSR count). The SMILES string of the molecule is CCOCCOc1cc(C)ccc1CNC(=NC)NCC1CCN(C)C1. The van der Waals surface area contributed by atoms with Gasteiger partial charge in [-0.05, 0) is 51.4 Å². The van der Waals surface area contributed by atoms with Crippen LogP contribution < -0.4 is 15.4 Å². The molecule has 0 amide bonds. The predicted octanol–water partition coefficient (Wildman–Crippen LogP) is 2.03. The van der Waals surface area contributed by atoms with Gasteiger partial charge in [-0.25, -0.2) is 0 Å². The zero-order valence-corrected chi connectivity index (χ0v) is 16.7. The van der Waals surface area contributed by atoms with Gasteiger partial charge in [0.05, 0.1) is 6.61 Å². The first kappa shape index (κ1) is 20.5. The molecule has 1 heterocycles. The van der Waals surface area contributed by atoms with Crippen LogP contribution in [0.4, 0.5) is 0 Å². The number of likely N-dealkylation sites (tertiary alicyclic amines) is 1. The van der Waals surface area contributed by atoms with Crippen molar-refractivity contribution in [3.8, 4) is 5.75 Å². The lowest BCUT2D eigenvalue weighted by Gasteiger charge is -2.17. The van der Waals surface area contributed by atoms with E-state index in [4.69, 9.17) is 9.47 Å². The third kappa shape index (κ3) is 6.84. The van der Waals surface area contributed by atoms with Gasteiger partial charge in [0, 0.05) is 38.9 Å². The number of nitrogens with one attached hydrogen (secondary N) is 2. The minimum absolute atomic E-state index is 0.562. The molecule has 1 aliphatic rings. The summed E-state index contributed by atoms with van der Waals surface area (Å²) in [6.07, 6.45) is 1.25. The molecule has 0 aromatic heterocycles. The third-order valence-corrected chi connectivity index (χ3v) is 4.63. The Kier molecular flexibility index (Phi) is 8.71. The number of guanidine groups is 1. The first-order valence-corrected chi connectivity index (χ1v) is 9.55. The summed E-state index contributed by atoms with van der Waals surface area (Å²) in [6.45, 7) is 9.91. The van der Waals surface area contributed by atoms with E-state index >= 15 is 0 Å². The second-order valence-corrected chi connectivity index (χ2v) is 6.88. The molecular weight excluding hydrogens is 328 g/mol. The Morgan fingerprint density at radius 2 is 2.15 bits per heavy atom. The van der Waals surface area contributed by atoms with Crippen LogP contribution in [0.3, 0.4) is 0 Å². The van der Waals surface area contributed by atoms with Crippen LogP contribution in [0.1, 0.15) is 24.5 Å². The fourth-order valence-electron chi connectivity index (χ4n) is 3.13. The molecule has 2 N–H and O–H groups in total. The molecule has 0 aliphatic carbocycles. The van der Waals surface area contributed by atoms with Gasteiger partial charge in [-0.3, -0.25) is 4.99 Å². The van der Waals surface area contributed by atoms with E-state index in [1.807, 2.05) is 14.0 Å². The van der Waals surface area contributed by atoms with Crippen LogP contribution in [-0.4, -0.2) is 64.4 Å². The van der Waals surface area contributed by atoms with Crippen molar-refractivity contribution in [3.05, 3.63) is 29.3 Å². The lowest BCUT2D eigenvalue weighted by atomic mass is 10.1. The van der Waals surface area contributed by atoms with Crippen molar-refractivity contribution < 1.29 is 9.47 Å². The van der Waals surface area contributed by atoms with Crippen LogP contribution >= 0.6 is 0 Å². The fourth-order valence-corrected chi connectivity index (χ4v) is 3.13. The largest absolute Gasteiger partial charge is 0.491 e. The third-order valence-electron chi connectivity index (χ3n) is 4.63. The molecule has 0 radical (unpaired) electrons. The molecule has 26 heavy (non-hydrogen) atoms. The molecule has 0 saturated carbocycles. The molecule has 6 nitrogen and oxygen atoms in total. The van der Waals surface area contributed by atoms with E-state index in [0.29, 0.717) is 32.3 Å². The number of hydrogen-bond donors (Lipinski definition) is 2. The lowest BCUT2D eigenvalue weighted by Crippen LogP contribution is -2.39. The van der Waals surface area contributed by atoms with E-state index < -0.39 is 0 Å². The number of aliphatic imine (C=N–C) groups is 1. The van der Waals surface area contributed by atoms with Crippen LogP contribution in [-0.2, 0) is 11.3 Å². The molecule has 1 fully saturated rings. The number of benzene rings is 1. The minimum atomic E-state index is 0.562. The summed E-state index contributed by atoms with van der Waals surface area (Å²) >= 11 is 0. The summed E-state index contributed by atoms with van der Waals surface area (Å²) < 4.78 is 11.3. The Hall–Kier alpha value is -1.79. The topological polar surface area (TPSA) is 58.1 Å². The Bertz CT molecular complexity index is 577. The summed E-state index contributed by atoms with van der Waals surface area (Å²) in [4.78, 5) is 6.71. The van der Waals surface area contributed by atoms with Gasteiger partial charge in [0.2, 0.25) is 0 Å². The maximum Gasteiger partial charge on any atom is 0.191 e. The molecule has 1 unspecified atom stereocenters. The van der Waals surface area contributed by atoms with Crippen LogP contribution in [0.25, 0.3) is 0 Å². The fraction of sp³-hybridized carbons (Fsp3) is 0.650. The Labute approximate surface area is 158 Å². The highest BCUT2D eigenvalue weighted by Gasteiger charge is 2.19. The number of rotatable bonds is 9. The molecule has 1 aromatic carbocycles. The molecule has 6 heteroatoms. The summed E-state index contributed by atoms with van der Waals surface area (Å²) in [7, 11) is 3.99. The maximum absolute atomic E-state index is 5.91. The highest BCUT2D eigenvalue weighted by Crippen LogP contribution is 2.20. The van der Waals surface area contributed by atoms with E-state index in [-0.39, 0.29) is 0 Å². The first-order valence-electron chi connectivity index (χ1n) is 9.55. The van der Waals surface area contributed by atoms with Crippen molar-refractivity contribution in [3.63, 3.8) is 0 Å². The maximum atomic E-state index is 5.91. The molecular formula is C20H34N4O2. The van der Waals surface area contributed by atoms with Crippen LogP contribution in [0, 0.1) is 12.8 Å². The second-order valence-electron chi connectivity index (χ2n) is 6.88. The van der Waals surface area contributed by atoms with E-state index in [0.717, 1.165) is 30.4 Å². The number of hydrogen-bond acceptors (Lipinski definition) is 4. The molecule has 1 aliphatic heterocycles. The Morgan fingerprint density at radius 3 is 2.85 bits per heavy atom. The van der Waals surface area contributed by atoms with E-state index in [1.54, 1.807) is 0 Å². The standard InChI is InChI=1S/C20H34N4O2/c1-5-25-10-11-26-19-12-16(2)6-7-18(19)14-23-20(21-3)22-13-17-8-9-24(4)15-17/h6-7,12,17H,5,8-11,13-15H2,1-4H3,(H2,21,22,23). The van der Waals surface area contributed by atoms with Gasteiger partial charge in [-0.1, -0.05) is 12.1 Å². The molecule has 0 bridgehead atoms. The van der Waals surface area contributed by atoms with Gasteiger partial charge in [-0.15, -0.1) is 0 Å².